The molecule has 0 radical (unpaired) electrons. The number of likely N-dealkylation sites (tertiary alicyclic amines) is 1. The Bertz CT molecular complexity index is 698. The lowest BCUT2D eigenvalue weighted by Gasteiger charge is -2.22. The van der Waals surface area contributed by atoms with E-state index in [4.69, 9.17) is 9.26 Å². The lowest BCUT2D eigenvalue weighted by Crippen LogP contribution is -2.44. The normalized spacial score (nSPS) is 17.1. The summed E-state index contributed by atoms with van der Waals surface area (Å²) in [6.45, 7) is 2.23. The molecule has 0 saturated carbocycles. The summed E-state index contributed by atoms with van der Waals surface area (Å²) in [6.07, 6.45) is 0.817. The van der Waals surface area contributed by atoms with Crippen molar-refractivity contribution in [2.24, 2.45) is 0 Å². The maximum absolute atomic E-state index is 12.3. The monoisotopic (exact) mass is 315 g/mol. The number of ether oxygens (including phenoxy) is 1. The van der Waals surface area contributed by atoms with Gasteiger partial charge in [0.25, 0.3) is 0 Å². The average molecular weight is 315 g/mol. The lowest BCUT2D eigenvalue weighted by molar-refractivity contribution is -0.119. The van der Waals surface area contributed by atoms with E-state index in [1.54, 1.807) is 37.3 Å². The number of para-hydroxylation sites is 1. The Hall–Kier alpha value is -2.83. The molecule has 2 heterocycles. The van der Waals surface area contributed by atoms with Crippen molar-refractivity contribution >= 4 is 17.8 Å². The number of hydrogen-bond acceptors (Lipinski definition) is 5. The number of benzene rings is 1. The van der Waals surface area contributed by atoms with Gasteiger partial charge in [0.2, 0.25) is 5.91 Å². The number of carbonyl (C=O) groups excluding carboxylic acids is 2. The van der Waals surface area contributed by atoms with Crippen LogP contribution in [0.1, 0.15) is 18.6 Å². The minimum absolute atomic E-state index is 0.291. The quantitative estimate of drug-likeness (QED) is 0.941. The van der Waals surface area contributed by atoms with Crippen molar-refractivity contribution in [3.8, 4) is 5.75 Å². The number of nitrogens with zero attached hydrogens (tertiary/aromatic N) is 2. The van der Waals surface area contributed by atoms with Gasteiger partial charge >= 0.3 is 6.09 Å². The smallest absolute Gasteiger partial charge is 0.410 e. The maximum Gasteiger partial charge on any atom is 0.415 e. The SMILES string of the molecule is Cc1cc(NC(=O)[C@@H]2CCCN2C(=O)Oc2ccccc2)no1. The summed E-state index contributed by atoms with van der Waals surface area (Å²) in [7, 11) is 0. The highest BCUT2D eigenvalue weighted by molar-refractivity contribution is 5.96. The van der Waals surface area contributed by atoms with Crippen molar-refractivity contribution in [3.05, 3.63) is 42.2 Å². The van der Waals surface area contributed by atoms with Gasteiger partial charge in [-0.3, -0.25) is 9.69 Å². The molecule has 3 rings (SSSR count). The van der Waals surface area contributed by atoms with E-state index in [1.165, 1.54) is 4.90 Å². The van der Waals surface area contributed by atoms with E-state index in [1.807, 2.05) is 6.07 Å². The largest absolute Gasteiger partial charge is 0.415 e. The number of amides is 2. The first-order valence-corrected chi connectivity index (χ1v) is 7.41. The van der Waals surface area contributed by atoms with E-state index in [0.717, 1.165) is 6.42 Å². The summed E-state index contributed by atoms with van der Waals surface area (Å²) >= 11 is 0. The molecule has 0 aliphatic carbocycles. The fourth-order valence-electron chi connectivity index (χ4n) is 2.54. The average Bonchev–Trinajstić information content (AvgIpc) is 3.17. The maximum atomic E-state index is 12.3. The molecule has 1 aliphatic heterocycles. The second-order valence-corrected chi connectivity index (χ2v) is 5.34. The standard InChI is InChI=1S/C16H17N3O4/c1-11-10-14(18-23-11)17-15(20)13-8-5-9-19(13)16(21)22-12-6-3-2-4-7-12/h2-4,6-7,10,13H,5,8-9H2,1H3,(H,17,18,20)/t13-/m0/s1. The minimum atomic E-state index is -0.566. The van der Waals surface area contributed by atoms with Crippen LogP contribution in [0.25, 0.3) is 0 Å². The second-order valence-electron chi connectivity index (χ2n) is 5.34. The van der Waals surface area contributed by atoms with Crippen LogP contribution in [0.3, 0.4) is 0 Å². The summed E-state index contributed by atoms with van der Waals surface area (Å²) in [5.74, 6) is 1.11. The summed E-state index contributed by atoms with van der Waals surface area (Å²) in [6, 6.07) is 9.85. The van der Waals surface area contributed by atoms with Gasteiger partial charge in [-0.05, 0) is 31.9 Å². The molecular weight excluding hydrogens is 298 g/mol. The Morgan fingerprint density at radius 3 is 2.83 bits per heavy atom. The van der Waals surface area contributed by atoms with Gasteiger partial charge in [-0.2, -0.15) is 0 Å². The molecule has 0 unspecified atom stereocenters. The fourth-order valence-corrected chi connectivity index (χ4v) is 2.54. The zero-order valence-electron chi connectivity index (χ0n) is 12.7. The number of rotatable bonds is 3. The van der Waals surface area contributed by atoms with E-state index in [2.05, 4.69) is 10.5 Å². The first-order chi connectivity index (χ1) is 11.1. The number of hydrogen-bond donors (Lipinski definition) is 1. The Kier molecular flexibility index (Phi) is 4.27. The van der Waals surface area contributed by atoms with Gasteiger partial charge in [0, 0.05) is 12.6 Å². The van der Waals surface area contributed by atoms with Gasteiger partial charge < -0.3 is 14.6 Å². The summed E-state index contributed by atoms with van der Waals surface area (Å²) in [5.41, 5.74) is 0. The number of aromatic nitrogens is 1. The predicted molar refractivity (Wildman–Crippen MR) is 82.1 cm³/mol. The van der Waals surface area contributed by atoms with Crippen molar-refractivity contribution in [3.63, 3.8) is 0 Å². The van der Waals surface area contributed by atoms with Crippen molar-refractivity contribution in [2.45, 2.75) is 25.8 Å². The Balaban J connectivity index is 1.64. The summed E-state index contributed by atoms with van der Waals surface area (Å²) in [5, 5.41) is 6.38. The lowest BCUT2D eigenvalue weighted by atomic mass is 10.2. The van der Waals surface area contributed by atoms with Crippen molar-refractivity contribution in [2.75, 3.05) is 11.9 Å². The van der Waals surface area contributed by atoms with Crippen molar-refractivity contribution < 1.29 is 18.8 Å². The molecule has 1 aromatic heterocycles. The highest BCUT2D eigenvalue weighted by Gasteiger charge is 2.35. The van der Waals surface area contributed by atoms with Crippen molar-refractivity contribution in [1.29, 1.82) is 0 Å². The highest BCUT2D eigenvalue weighted by atomic mass is 16.6. The van der Waals surface area contributed by atoms with Gasteiger partial charge in [0.05, 0.1) is 0 Å². The molecule has 2 aromatic rings. The van der Waals surface area contributed by atoms with E-state index in [0.29, 0.717) is 30.3 Å². The van der Waals surface area contributed by atoms with Crippen LogP contribution in [0.15, 0.2) is 40.9 Å². The van der Waals surface area contributed by atoms with E-state index in [-0.39, 0.29) is 5.91 Å². The van der Waals surface area contributed by atoms with Gasteiger partial charge in [-0.1, -0.05) is 23.4 Å². The molecule has 1 fully saturated rings. The van der Waals surface area contributed by atoms with E-state index < -0.39 is 12.1 Å². The van der Waals surface area contributed by atoms with Gasteiger partial charge in [0.15, 0.2) is 5.82 Å². The van der Waals surface area contributed by atoms with Gasteiger partial charge in [-0.25, -0.2) is 4.79 Å². The van der Waals surface area contributed by atoms with Crippen LogP contribution in [-0.4, -0.2) is 34.6 Å². The Labute approximate surface area is 133 Å². The number of anilines is 1. The van der Waals surface area contributed by atoms with E-state index in [9.17, 15) is 9.59 Å². The molecular formula is C16H17N3O4. The molecule has 1 aromatic carbocycles. The third-order valence-corrected chi connectivity index (χ3v) is 3.62. The molecule has 0 spiro atoms. The predicted octanol–water partition coefficient (Wildman–Crippen LogP) is 2.58. The summed E-state index contributed by atoms with van der Waals surface area (Å²) < 4.78 is 10.2. The van der Waals surface area contributed by atoms with Crippen LogP contribution in [0.4, 0.5) is 10.6 Å². The topological polar surface area (TPSA) is 84.7 Å². The second kappa shape index (κ2) is 6.51. The third kappa shape index (κ3) is 3.50. The number of carbonyl (C=O) groups is 2. The first kappa shape index (κ1) is 15.1. The molecule has 0 bridgehead atoms. The van der Waals surface area contributed by atoms with Crippen LogP contribution in [-0.2, 0) is 4.79 Å². The van der Waals surface area contributed by atoms with Crippen LogP contribution >= 0.6 is 0 Å². The molecule has 2 amide bonds. The van der Waals surface area contributed by atoms with E-state index >= 15 is 0 Å². The molecule has 120 valence electrons. The zero-order chi connectivity index (χ0) is 16.2. The minimum Gasteiger partial charge on any atom is -0.410 e. The highest BCUT2D eigenvalue weighted by Crippen LogP contribution is 2.21. The first-order valence-electron chi connectivity index (χ1n) is 7.41. The van der Waals surface area contributed by atoms with Crippen LogP contribution in [0, 0.1) is 6.92 Å². The van der Waals surface area contributed by atoms with Crippen LogP contribution in [0.5, 0.6) is 5.75 Å². The molecule has 1 aliphatic rings. The third-order valence-electron chi connectivity index (χ3n) is 3.62. The Morgan fingerprint density at radius 1 is 1.35 bits per heavy atom. The van der Waals surface area contributed by atoms with Crippen molar-refractivity contribution in [1.82, 2.24) is 10.1 Å². The fraction of sp³-hybridized carbons (Fsp3) is 0.312. The molecule has 23 heavy (non-hydrogen) atoms. The molecule has 7 heteroatoms. The zero-order valence-corrected chi connectivity index (χ0v) is 12.7. The van der Waals surface area contributed by atoms with Gasteiger partial charge in [-0.15, -0.1) is 0 Å². The van der Waals surface area contributed by atoms with Gasteiger partial charge in [0.1, 0.15) is 17.6 Å². The summed E-state index contributed by atoms with van der Waals surface area (Å²) in [4.78, 5) is 26.1. The van der Waals surface area contributed by atoms with Crippen LogP contribution < -0.4 is 10.1 Å². The molecule has 1 saturated heterocycles. The number of nitrogens with one attached hydrogen (secondary N) is 1. The number of aryl methyl sites for hydroxylation is 1. The molecule has 7 nitrogen and oxygen atoms in total. The molecule has 1 atom stereocenters. The molecule has 1 N–H and O–H groups in total. The Morgan fingerprint density at radius 2 is 2.13 bits per heavy atom. The van der Waals surface area contributed by atoms with Crippen LogP contribution in [0.2, 0.25) is 0 Å².